The van der Waals surface area contributed by atoms with Crippen LogP contribution in [0.3, 0.4) is 0 Å². The summed E-state index contributed by atoms with van der Waals surface area (Å²) >= 11 is 1.86. The summed E-state index contributed by atoms with van der Waals surface area (Å²) in [7, 11) is 0. The van der Waals surface area contributed by atoms with Crippen LogP contribution in [-0.4, -0.2) is 52.3 Å². The van der Waals surface area contributed by atoms with Crippen LogP contribution in [0.1, 0.15) is 12.0 Å². The fourth-order valence-electron chi connectivity index (χ4n) is 2.74. The molecule has 2 amide bonds. The number of nitrogens with zero attached hydrogens (tertiary/aromatic N) is 2. The van der Waals surface area contributed by atoms with Crippen molar-refractivity contribution in [1.82, 2.24) is 4.90 Å². The minimum Gasteiger partial charge on any atom is -0.341 e. The van der Waals surface area contributed by atoms with E-state index < -0.39 is 16.9 Å². The molecular weight excluding hydrogens is 330 g/mol. The molecule has 2 aliphatic rings. The van der Waals surface area contributed by atoms with E-state index in [1.165, 1.54) is 0 Å². The number of hydrogen-bond acceptors (Lipinski definition) is 5. The van der Waals surface area contributed by atoms with Crippen LogP contribution in [-0.2, 0) is 16.0 Å². The molecule has 1 heterocycles. The summed E-state index contributed by atoms with van der Waals surface area (Å²) in [6.07, 6.45) is 0.657. The maximum Gasteiger partial charge on any atom is 0.234 e. The molecule has 1 N–H and O–H groups in total. The largest absolute Gasteiger partial charge is 0.341 e. The number of rotatable bonds is 5. The van der Waals surface area contributed by atoms with Gasteiger partial charge in [-0.05, 0) is 17.7 Å². The van der Waals surface area contributed by atoms with Crippen molar-refractivity contribution >= 4 is 29.3 Å². The van der Waals surface area contributed by atoms with E-state index in [-0.39, 0.29) is 11.8 Å². The van der Waals surface area contributed by atoms with E-state index >= 15 is 0 Å². The smallest absolute Gasteiger partial charge is 0.234 e. The lowest BCUT2D eigenvalue weighted by atomic mass is 10.1. The monoisotopic (exact) mass is 349 g/mol. The molecule has 2 fully saturated rings. The Hall–Kier alpha value is -2.09. The molecule has 0 bridgehead atoms. The lowest BCUT2D eigenvalue weighted by molar-refractivity contribution is -0.497. The molecule has 24 heavy (non-hydrogen) atoms. The van der Waals surface area contributed by atoms with Gasteiger partial charge in [-0.15, -0.1) is 0 Å². The Morgan fingerprint density at radius 2 is 1.92 bits per heavy atom. The molecule has 3 rings (SSSR count). The number of amides is 2. The average Bonchev–Trinajstić information content (AvgIpc) is 3.38. The summed E-state index contributed by atoms with van der Waals surface area (Å²) in [5, 5.41) is 13.3. The predicted octanol–water partition coefficient (Wildman–Crippen LogP) is 1.41. The van der Waals surface area contributed by atoms with Crippen LogP contribution in [0.25, 0.3) is 0 Å². The van der Waals surface area contributed by atoms with E-state index in [2.05, 4.69) is 5.32 Å². The van der Waals surface area contributed by atoms with Gasteiger partial charge < -0.3 is 10.2 Å². The molecule has 1 saturated carbocycles. The Kier molecular flexibility index (Phi) is 5.03. The van der Waals surface area contributed by atoms with Crippen molar-refractivity contribution in [2.75, 3.05) is 29.9 Å². The van der Waals surface area contributed by atoms with Crippen molar-refractivity contribution in [3.8, 4) is 0 Å². The van der Waals surface area contributed by atoms with E-state index in [0.717, 1.165) is 30.2 Å². The molecule has 0 unspecified atom stereocenters. The molecule has 7 nitrogen and oxygen atoms in total. The summed E-state index contributed by atoms with van der Waals surface area (Å²) < 4.78 is 0. The normalized spacial score (nSPS) is 22.8. The predicted molar refractivity (Wildman–Crippen MR) is 91.6 cm³/mol. The summed E-state index contributed by atoms with van der Waals surface area (Å²) in [5.74, 6) is 1.26. The molecule has 128 valence electrons. The number of carbonyl (C=O) groups is 2. The van der Waals surface area contributed by atoms with Gasteiger partial charge in [0.1, 0.15) is 5.92 Å². The minimum atomic E-state index is -0.746. The lowest BCUT2D eigenvalue weighted by Crippen LogP contribution is -2.38. The first-order valence-electron chi connectivity index (χ1n) is 7.93. The van der Waals surface area contributed by atoms with E-state index in [1.54, 1.807) is 12.1 Å². The van der Waals surface area contributed by atoms with Crippen LogP contribution in [0.4, 0.5) is 5.69 Å². The van der Waals surface area contributed by atoms with Crippen molar-refractivity contribution in [3.63, 3.8) is 0 Å². The Labute approximate surface area is 143 Å². The number of carbonyl (C=O) groups excluding carboxylic acids is 2. The quantitative estimate of drug-likeness (QED) is 0.641. The van der Waals surface area contributed by atoms with Gasteiger partial charge in [0.25, 0.3) is 0 Å². The summed E-state index contributed by atoms with van der Waals surface area (Å²) in [4.78, 5) is 36.2. The number of hydrogen-bond donors (Lipinski definition) is 1. The summed E-state index contributed by atoms with van der Waals surface area (Å²) in [6.45, 7) is 1.60. The molecular formula is C16H19N3O4S. The standard InChI is InChI=1S/C16H19N3O4S/c20-15(18-5-7-24-8-6-18)9-11-1-3-12(4-2-11)17-16(21)13-10-14(13)19(22)23/h1-4,13-14H,5-10H2,(H,17,21)/t13-,14-/m1/s1. The SMILES string of the molecule is O=C(Nc1ccc(CC(=O)N2CCSCC2)cc1)[C@@H]1C[C@H]1[N+](=O)[O-]. The minimum absolute atomic E-state index is 0.124. The first-order chi connectivity index (χ1) is 11.5. The number of thioether (sulfide) groups is 1. The molecule has 1 aliphatic heterocycles. The Morgan fingerprint density at radius 3 is 2.50 bits per heavy atom. The maximum atomic E-state index is 12.2. The van der Waals surface area contributed by atoms with Crippen molar-refractivity contribution in [3.05, 3.63) is 39.9 Å². The first-order valence-corrected chi connectivity index (χ1v) is 9.09. The fraction of sp³-hybridized carbons (Fsp3) is 0.500. The van der Waals surface area contributed by atoms with Crippen LogP contribution >= 0.6 is 11.8 Å². The second-order valence-electron chi connectivity index (χ2n) is 6.05. The zero-order valence-electron chi connectivity index (χ0n) is 13.1. The summed E-state index contributed by atoms with van der Waals surface area (Å²) in [6, 6.07) is 6.34. The third kappa shape index (κ3) is 4.05. The van der Waals surface area contributed by atoms with Crippen molar-refractivity contribution < 1.29 is 14.5 Å². The number of nitro groups is 1. The second kappa shape index (κ2) is 7.21. The van der Waals surface area contributed by atoms with Gasteiger partial charge in [-0.3, -0.25) is 19.7 Å². The topological polar surface area (TPSA) is 92.6 Å². The zero-order valence-corrected chi connectivity index (χ0v) is 14.0. The van der Waals surface area contributed by atoms with Gasteiger partial charge in [0, 0.05) is 41.6 Å². The molecule has 0 aromatic heterocycles. The van der Waals surface area contributed by atoms with Gasteiger partial charge in [0.2, 0.25) is 17.9 Å². The third-order valence-electron chi connectivity index (χ3n) is 4.30. The van der Waals surface area contributed by atoms with Gasteiger partial charge >= 0.3 is 0 Å². The fourth-order valence-corrected chi connectivity index (χ4v) is 3.64. The average molecular weight is 349 g/mol. The molecule has 1 aliphatic carbocycles. The molecule has 0 spiro atoms. The number of benzene rings is 1. The number of anilines is 1. The van der Waals surface area contributed by atoms with Gasteiger partial charge in [-0.25, -0.2) is 0 Å². The highest BCUT2D eigenvalue weighted by molar-refractivity contribution is 7.99. The van der Waals surface area contributed by atoms with Crippen LogP contribution in [0, 0.1) is 16.0 Å². The van der Waals surface area contributed by atoms with Gasteiger partial charge in [-0.2, -0.15) is 11.8 Å². The van der Waals surface area contributed by atoms with E-state index in [0.29, 0.717) is 18.5 Å². The second-order valence-corrected chi connectivity index (χ2v) is 7.28. The zero-order chi connectivity index (χ0) is 17.1. The van der Waals surface area contributed by atoms with Crippen molar-refractivity contribution in [1.29, 1.82) is 0 Å². The number of nitrogens with one attached hydrogen (secondary N) is 1. The van der Waals surface area contributed by atoms with Gasteiger partial charge in [0.05, 0.1) is 6.42 Å². The highest BCUT2D eigenvalue weighted by Gasteiger charge is 2.53. The van der Waals surface area contributed by atoms with Crippen LogP contribution < -0.4 is 5.32 Å². The van der Waals surface area contributed by atoms with E-state index in [9.17, 15) is 19.7 Å². The van der Waals surface area contributed by atoms with E-state index in [1.807, 2.05) is 28.8 Å². The van der Waals surface area contributed by atoms with Crippen molar-refractivity contribution in [2.24, 2.45) is 5.92 Å². The Morgan fingerprint density at radius 1 is 1.25 bits per heavy atom. The maximum absolute atomic E-state index is 12.2. The molecule has 8 heteroatoms. The molecule has 1 saturated heterocycles. The molecule has 1 aromatic carbocycles. The summed E-state index contributed by atoms with van der Waals surface area (Å²) in [5.41, 5.74) is 1.49. The lowest BCUT2D eigenvalue weighted by Gasteiger charge is -2.26. The Bertz CT molecular complexity index is 643. The highest BCUT2D eigenvalue weighted by Crippen LogP contribution is 2.34. The molecule has 2 atom stereocenters. The van der Waals surface area contributed by atoms with Crippen molar-refractivity contribution in [2.45, 2.75) is 18.9 Å². The molecule has 1 aromatic rings. The Balaban J connectivity index is 1.51. The van der Waals surface area contributed by atoms with Gasteiger partial charge in [-0.1, -0.05) is 12.1 Å². The highest BCUT2D eigenvalue weighted by atomic mass is 32.2. The van der Waals surface area contributed by atoms with Crippen LogP contribution in [0.5, 0.6) is 0 Å². The third-order valence-corrected chi connectivity index (χ3v) is 5.25. The van der Waals surface area contributed by atoms with Gasteiger partial charge in [0.15, 0.2) is 0 Å². The van der Waals surface area contributed by atoms with E-state index in [4.69, 9.17) is 0 Å². The molecule has 0 radical (unpaired) electrons. The van der Waals surface area contributed by atoms with Crippen LogP contribution in [0.2, 0.25) is 0 Å². The van der Waals surface area contributed by atoms with Crippen LogP contribution in [0.15, 0.2) is 24.3 Å². The first kappa shape index (κ1) is 16.8.